The Balaban J connectivity index is 1.64. The maximum absolute atomic E-state index is 12.8. The molecule has 0 aromatic heterocycles. The van der Waals surface area contributed by atoms with E-state index in [-0.39, 0.29) is 29.3 Å². The Morgan fingerprint density at radius 2 is 2.05 bits per heavy atom. The lowest BCUT2D eigenvalue weighted by Crippen LogP contribution is -2.61. The zero-order valence-electron chi connectivity index (χ0n) is 13.0. The van der Waals surface area contributed by atoms with Gasteiger partial charge < -0.3 is 4.74 Å². The van der Waals surface area contributed by atoms with Crippen LogP contribution in [0.3, 0.4) is 0 Å². The Morgan fingerprint density at radius 1 is 1.23 bits per heavy atom. The van der Waals surface area contributed by atoms with Gasteiger partial charge in [-0.15, -0.1) is 0 Å². The van der Waals surface area contributed by atoms with Crippen LogP contribution in [0.25, 0.3) is 0 Å². The first-order chi connectivity index (χ1) is 10.6. The SMILES string of the molecule is CC1=C2C[C@@H]3[C@@H]4C[C@H](C)[C@@]5(CCC(=C2[C@H]35)[C@H]2C(=O)[C@@H]12)C(=O)O4. The quantitative estimate of drug-likeness (QED) is 0.646. The molecule has 0 amide bonds. The number of allylic oxidation sites excluding steroid dienone is 4. The molecule has 0 aromatic carbocycles. The maximum Gasteiger partial charge on any atom is 0.313 e. The average molecular weight is 296 g/mol. The van der Waals surface area contributed by atoms with Crippen LogP contribution in [0.5, 0.6) is 0 Å². The molecule has 3 heteroatoms. The van der Waals surface area contributed by atoms with Crippen molar-refractivity contribution in [2.45, 2.75) is 45.6 Å². The van der Waals surface area contributed by atoms with E-state index in [0.29, 0.717) is 23.5 Å². The highest BCUT2D eigenvalue weighted by molar-refractivity contribution is 6.06. The second-order valence-corrected chi connectivity index (χ2v) is 8.42. The molecule has 0 N–H and O–H groups in total. The molecule has 1 spiro atoms. The van der Waals surface area contributed by atoms with Gasteiger partial charge in [-0.3, -0.25) is 9.59 Å². The van der Waals surface area contributed by atoms with E-state index in [1.165, 1.54) is 22.3 Å². The Hall–Kier alpha value is -1.38. The number of carbonyl (C=O) groups excluding carboxylic acids is 2. The van der Waals surface area contributed by atoms with Crippen molar-refractivity contribution in [3.8, 4) is 0 Å². The highest BCUT2D eigenvalue weighted by Crippen LogP contribution is 2.71. The molecule has 2 heterocycles. The van der Waals surface area contributed by atoms with Crippen molar-refractivity contribution in [2.75, 3.05) is 0 Å². The molecule has 2 bridgehead atoms. The van der Waals surface area contributed by atoms with Gasteiger partial charge in [0, 0.05) is 11.8 Å². The van der Waals surface area contributed by atoms with Crippen LogP contribution >= 0.6 is 0 Å². The van der Waals surface area contributed by atoms with Crippen molar-refractivity contribution in [1.29, 1.82) is 0 Å². The van der Waals surface area contributed by atoms with Gasteiger partial charge in [0.1, 0.15) is 11.9 Å². The van der Waals surface area contributed by atoms with E-state index in [9.17, 15) is 9.59 Å². The molecule has 0 unspecified atom stereocenters. The zero-order chi connectivity index (χ0) is 15.0. The van der Waals surface area contributed by atoms with Gasteiger partial charge in [0.15, 0.2) is 0 Å². The topological polar surface area (TPSA) is 43.4 Å². The van der Waals surface area contributed by atoms with Crippen molar-refractivity contribution < 1.29 is 14.3 Å². The van der Waals surface area contributed by atoms with E-state index in [1.54, 1.807) is 0 Å². The number of ether oxygens (including phenoxy) is 1. The molecule has 0 aromatic rings. The third-order valence-corrected chi connectivity index (χ3v) is 7.95. The van der Waals surface area contributed by atoms with Crippen molar-refractivity contribution >= 4 is 11.8 Å². The van der Waals surface area contributed by atoms with Gasteiger partial charge >= 0.3 is 5.97 Å². The van der Waals surface area contributed by atoms with Crippen LogP contribution in [-0.2, 0) is 14.3 Å². The first-order valence-corrected chi connectivity index (χ1v) is 8.73. The minimum Gasteiger partial charge on any atom is -0.462 e. The van der Waals surface area contributed by atoms with Gasteiger partial charge in [-0.05, 0) is 49.7 Å². The van der Waals surface area contributed by atoms with Crippen LogP contribution in [0.2, 0.25) is 0 Å². The molecular weight excluding hydrogens is 276 g/mol. The Morgan fingerprint density at radius 3 is 2.82 bits per heavy atom. The van der Waals surface area contributed by atoms with Crippen molar-refractivity contribution in [2.24, 2.45) is 35.0 Å². The van der Waals surface area contributed by atoms with Gasteiger partial charge in [-0.1, -0.05) is 18.1 Å². The summed E-state index contributed by atoms with van der Waals surface area (Å²) in [6.45, 7) is 4.41. The van der Waals surface area contributed by atoms with E-state index in [1.807, 2.05) is 0 Å². The summed E-state index contributed by atoms with van der Waals surface area (Å²) in [5.41, 5.74) is 5.35. The van der Waals surface area contributed by atoms with E-state index in [4.69, 9.17) is 4.74 Å². The van der Waals surface area contributed by atoms with E-state index >= 15 is 0 Å². The van der Waals surface area contributed by atoms with Gasteiger partial charge in [0.2, 0.25) is 0 Å². The fourth-order valence-corrected chi connectivity index (χ4v) is 6.94. The number of Topliss-reactive ketones (excluding diaryl/α,β-unsaturated/α-hetero) is 1. The second kappa shape index (κ2) is 3.27. The fourth-order valence-electron chi connectivity index (χ4n) is 6.94. The van der Waals surface area contributed by atoms with Crippen molar-refractivity contribution in [3.63, 3.8) is 0 Å². The predicted octanol–water partition coefficient (Wildman–Crippen LogP) is 2.81. The molecule has 114 valence electrons. The number of fused-ring (bicyclic) bond motifs is 4. The Kier molecular flexibility index (Phi) is 1.80. The Labute approximate surface area is 129 Å². The van der Waals surface area contributed by atoms with E-state index in [2.05, 4.69) is 13.8 Å². The van der Waals surface area contributed by atoms with E-state index in [0.717, 1.165) is 25.7 Å². The zero-order valence-corrected chi connectivity index (χ0v) is 13.0. The maximum atomic E-state index is 12.8. The number of carbonyl (C=O) groups is 2. The largest absolute Gasteiger partial charge is 0.462 e. The molecule has 0 radical (unpaired) electrons. The predicted molar refractivity (Wildman–Crippen MR) is 78.6 cm³/mol. The molecule has 5 fully saturated rings. The summed E-state index contributed by atoms with van der Waals surface area (Å²) in [4.78, 5) is 25.0. The standard InChI is InChI=1S/C19H20O3/c1-7-5-12-11-6-10-8(2)13-15(17(13)20)9-3-4-19(7,18(21)22-12)16(11)14(9)10/h7,11-13,15-16H,3-6H2,1-2H3/t7-,11+,12-,13-,15+,16-,19+/m0/s1. The van der Waals surface area contributed by atoms with Crippen LogP contribution in [0.1, 0.15) is 39.5 Å². The minimum absolute atomic E-state index is 0.0622. The summed E-state index contributed by atoms with van der Waals surface area (Å²) < 4.78 is 5.84. The third-order valence-electron chi connectivity index (χ3n) is 7.95. The normalized spacial score (nSPS) is 53.5. The fraction of sp³-hybridized carbons (Fsp3) is 0.684. The van der Waals surface area contributed by atoms with Crippen LogP contribution in [0, 0.1) is 35.0 Å². The minimum atomic E-state index is -0.287. The molecule has 3 nitrogen and oxygen atoms in total. The summed E-state index contributed by atoms with van der Waals surface area (Å²) >= 11 is 0. The lowest BCUT2D eigenvalue weighted by molar-refractivity contribution is -0.212. The monoisotopic (exact) mass is 296 g/mol. The molecule has 7 rings (SSSR count). The van der Waals surface area contributed by atoms with Crippen LogP contribution in [0.4, 0.5) is 0 Å². The molecular formula is C19H20O3. The van der Waals surface area contributed by atoms with Gasteiger partial charge in [-0.25, -0.2) is 0 Å². The average Bonchev–Trinajstić information content (AvgIpc) is 2.98. The lowest BCUT2D eigenvalue weighted by Gasteiger charge is -2.58. The van der Waals surface area contributed by atoms with Crippen LogP contribution in [-0.4, -0.2) is 17.9 Å². The highest BCUT2D eigenvalue weighted by Gasteiger charge is 2.71. The van der Waals surface area contributed by atoms with Crippen molar-refractivity contribution in [3.05, 3.63) is 22.3 Å². The molecule has 2 saturated heterocycles. The summed E-state index contributed by atoms with van der Waals surface area (Å²) in [5.74, 6) is 2.12. The van der Waals surface area contributed by atoms with Crippen molar-refractivity contribution in [1.82, 2.24) is 0 Å². The van der Waals surface area contributed by atoms with Gasteiger partial charge in [0.05, 0.1) is 17.3 Å². The molecule has 5 aliphatic carbocycles. The molecule has 7 atom stereocenters. The van der Waals surface area contributed by atoms with Gasteiger partial charge in [0.25, 0.3) is 0 Å². The smallest absolute Gasteiger partial charge is 0.313 e. The number of hydrogen-bond acceptors (Lipinski definition) is 3. The first-order valence-electron chi connectivity index (χ1n) is 8.73. The molecule has 3 saturated carbocycles. The summed E-state index contributed by atoms with van der Waals surface area (Å²) in [6, 6.07) is 0. The highest BCUT2D eigenvalue weighted by atomic mass is 16.5. The van der Waals surface area contributed by atoms with Gasteiger partial charge in [-0.2, -0.15) is 0 Å². The van der Waals surface area contributed by atoms with Crippen LogP contribution in [0.15, 0.2) is 22.3 Å². The lowest BCUT2D eigenvalue weighted by atomic mass is 9.49. The summed E-state index contributed by atoms with van der Waals surface area (Å²) in [6.07, 6.45) is 4.03. The summed E-state index contributed by atoms with van der Waals surface area (Å²) in [5, 5.41) is 0. The van der Waals surface area contributed by atoms with Crippen LogP contribution < -0.4 is 0 Å². The molecule has 7 aliphatic rings. The third kappa shape index (κ3) is 0.985. The number of rotatable bonds is 0. The number of esters is 1. The molecule has 22 heavy (non-hydrogen) atoms. The number of ketones is 1. The second-order valence-electron chi connectivity index (χ2n) is 8.42. The Bertz CT molecular complexity index is 742. The first kappa shape index (κ1) is 12.1. The number of hydrogen-bond donors (Lipinski definition) is 0. The summed E-state index contributed by atoms with van der Waals surface area (Å²) in [7, 11) is 0. The van der Waals surface area contributed by atoms with E-state index < -0.39 is 0 Å². The molecule has 2 aliphatic heterocycles.